The molecule has 0 saturated carbocycles. The van der Waals surface area contributed by atoms with Crippen molar-refractivity contribution in [1.29, 1.82) is 0 Å². The highest BCUT2D eigenvalue weighted by Crippen LogP contribution is 2.34. The van der Waals surface area contributed by atoms with Crippen LogP contribution in [0.25, 0.3) is 0 Å². The number of rotatable bonds is 5. The summed E-state index contributed by atoms with van der Waals surface area (Å²) in [6.07, 6.45) is 0.630. The molecule has 0 amide bonds. The average molecular weight is 413 g/mol. The second-order valence-electron chi connectivity index (χ2n) is 7.37. The van der Waals surface area contributed by atoms with Gasteiger partial charge in [-0.15, -0.1) is 0 Å². The molecule has 1 heterocycles. The summed E-state index contributed by atoms with van der Waals surface area (Å²) < 4.78 is 29.1. The van der Waals surface area contributed by atoms with Crippen LogP contribution in [0.15, 0.2) is 72.8 Å². The van der Waals surface area contributed by atoms with Crippen molar-refractivity contribution in [3.63, 3.8) is 0 Å². The van der Waals surface area contributed by atoms with Crippen molar-refractivity contribution >= 4 is 11.6 Å². The first-order valence-corrected chi connectivity index (χ1v) is 10.2. The first-order chi connectivity index (χ1) is 14.1. The van der Waals surface area contributed by atoms with Gasteiger partial charge in [0.2, 0.25) is 0 Å². The predicted molar refractivity (Wildman–Crippen MR) is 112 cm³/mol. The van der Waals surface area contributed by atoms with Crippen molar-refractivity contribution in [2.45, 2.75) is 25.7 Å². The lowest BCUT2D eigenvalue weighted by molar-refractivity contribution is -0.0116. The van der Waals surface area contributed by atoms with Gasteiger partial charge < -0.3 is 0 Å². The van der Waals surface area contributed by atoms with Gasteiger partial charge in [0.05, 0.1) is 6.17 Å². The van der Waals surface area contributed by atoms with Gasteiger partial charge in [-0.05, 0) is 30.2 Å². The molecule has 5 heteroatoms. The molecule has 0 aromatic heterocycles. The normalized spacial score (nSPS) is 18.1. The molecule has 0 aliphatic carbocycles. The summed E-state index contributed by atoms with van der Waals surface area (Å²) in [6.45, 7) is 2.61. The minimum Gasteiger partial charge on any atom is -0.280 e. The molecule has 3 aromatic rings. The van der Waals surface area contributed by atoms with Crippen LogP contribution in [0.2, 0.25) is 5.02 Å². The van der Waals surface area contributed by atoms with Crippen LogP contribution in [0.1, 0.15) is 29.3 Å². The van der Waals surface area contributed by atoms with E-state index in [9.17, 15) is 8.78 Å². The maximum absolute atomic E-state index is 14.8. The van der Waals surface area contributed by atoms with Gasteiger partial charge in [0.15, 0.2) is 0 Å². The van der Waals surface area contributed by atoms with Crippen LogP contribution in [0, 0.1) is 11.6 Å². The minimum atomic E-state index is -0.291. The fraction of sp³-hybridized carbons (Fsp3) is 0.250. The molecule has 0 bridgehead atoms. The monoisotopic (exact) mass is 412 g/mol. The van der Waals surface area contributed by atoms with Crippen LogP contribution in [0.3, 0.4) is 0 Å². The van der Waals surface area contributed by atoms with Crippen LogP contribution < -0.4 is 0 Å². The second-order valence-corrected chi connectivity index (χ2v) is 7.78. The molecule has 0 radical (unpaired) electrons. The van der Waals surface area contributed by atoms with Gasteiger partial charge in [-0.2, -0.15) is 0 Å². The SMILES string of the molecule is Fc1ccccc1CN1CCCN(Cc2ccccc2Cl)C1c1ccccc1F. The zero-order valence-electron chi connectivity index (χ0n) is 16.1. The molecule has 1 aliphatic heterocycles. The Morgan fingerprint density at radius 2 is 1.28 bits per heavy atom. The number of hydrogen-bond acceptors (Lipinski definition) is 2. The van der Waals surface area contributed by atoms with E-state index in [1.165, 1.54) is 12.1 Å². The molecule has 0 N–H and O–H groups in total. The lowest BCUT2D eigenvalue weighted by atomic mass is 10.0. The highest BCUT2D eigenvalue weighted by atomic mass is 35.5. The maximum atomic E-state index is 14.8. The fourth-order valence-corrected chi connectivity index (χ4v) is 4.25. The van der Waals surface area contributed by atoms with E-state index in [0.29, 0.717) is 29.2 Å². The van der Waals surface area contributed by atoms with E-state index in [-0.39, 0.29) is 17.8 Å². The Kier molecular flexibility index (Phi) is 6.24. The Morgan fingerprint density at radius 1 is 0.724 bits per heavy atom. The second kappa shape index (κ2) is 9.04. The summed E-state index contributed by atoms with van der Waals surface area (Å²) in [4.78, 5) is 4.38. The zero-order chi connectivity index (χ0) is 20.2. The number of hydrogen-bond donors (Lipinski definition) is 0. The molecule has 2 nitrogen and oxygen atoms in total. The maximum Gasteiger partial charge on any atom is 0.129 e. The zero-order valence-corrected chi connectivity index (χ0v) is 16.8. The fourth-order valence-electron chi connectivity index (χ4n) is 4.05. The first-order valence-electron chi connectivity index (χ1n) is 9.83. The number of benzene rings is 3. The van der Waals surface area contributed by atoms with Crippen LogP contribution >= 0.6 is 11.6 Å². The minimum absolute atomic E-state index is 0.233. The number of nitrogens with zero attached hydrogens (tertiary/aromatic N) is 2. The molecular weight excluding hydrogens is 390 g/mol. The van der Waals surface area contributed by atoms with E-state index in [4.69, 9.17) is 11.6 Å². The molecule has 4 rings (SSSR count). The highest BCUT2D eigenvalue weighted by Gasteiger charge is 2.33. The highest BCUT2D eigenvalue weighted by molar-refractivity contribution is 6.31. The molecular formula is C24H23ClF2N2. The molecule has 150 valence electrons. The van der Waals surface area contributed by atoms with Gasteiger partial charge in [-0.1, -0.05) is 66.2 Å². The Hall–Kier alpha value is -2.27. The third-order valence-electron chi connectivity index (χ3n) is 5.43. The van der Waals surface area contributed by atoms with E-state index in [2.05, 4.69) is 9.80 Å². The van der Waals surface area contributed by atoms with E-state index < -0.39 is 0 Å². The van der Waals surface area contributed by atoms with Crippen molar-refractivity contribution in [1.82, 2.24) is 9.80 Å². The van der Waals surface area contributed by atoms with E-state index in [0.717, 1.165) is 25.1 Å². The first kappa shape index (κ1) is 20.0. The van der Waals surface area contributed by atoms with Crippen LogP contribution in [-0.4, -0.2) is 22.9 Å². The summed E-state index contributed by atoms with van der Waals surface area (Å²) in [5.74, 6) is -0.481. The molecule has 0 spiro atoms. The van der Waals surface area contributed by atoms with Gasteiger partial charge >= 0.3 is 0 Å². The van der Waals surface area contributed by atoms with Gasteiger partial charge in [0.25, 0.3) is 0 Å². The standard InChI is InChI=1S/C24H23ClF2N2/c25-21-11-4-1-8-18(21)16-28-14-7-15-29(17-19-9-2-5-12-22(19)26)24(28)20-10-3-6-13-23(20)27/h1-6,8-13,24H,7,14-17H2. The van der Waals surface area contributed by atoms with E-state index >= 15 is 0 Å². The summed E-state index contributed by atoms with van der Waals surface area (Å²) in [5.41, 5.74) is 2.23. The average Bonchev–Trinajstić information content (AvgIpc) is 2.72. The lowest BCUT2D eigenvalue weighted by Gasteiger charge is -2.44. The molecule has 1 saturated heterocycles. The van der Waals surface area contributed by atoms with Gasteiger partial charge in [0.1, 0.15) is 11.6 Å². The molecule has 1 atom stereocenters. The molecule has 29 heavy (non-hydrogen) atoms. The third kappa shape index (κ3) is 4.50. The predicted octanol–water partition coefficient (Wildman–Crippen LogP) is 6.02. The van der Waals surface area contributed by atoms with Crippen molar-refractivity contribution in [2.24, 2.45) is 0 Å². The molecule has 1 fully saturated rings. The van der Waals surface area contributed by atoms with Crippen molar-refractivity contribution in [3.8, 4) is 0 Å². The van der Waals surface area contributed by atoms with E-state index in [1.807, 2.05) is 42.5 Å². The van der Waals surface area contributed by atoms with Crippen LogP contribution in [0.4, 0.5) is 8.78 Å². The Balaban J connectivity index is 1.69. The molecule has 1 unspecified atom stereocenters. The number of halogens is 3. The van der Waals surface area contributed by atoms with Crippen LogP contribution in [0.5, 0.6) is 0 Å². The van der Waals surface area contributed by atoms with Gasteiger partial charge in [-0.3, -0.25) is 9.80 Å². The summed E-state index contributed by atoms with van der Waals surface area (Å²) in [6, 6.07) is 21.4. The lowest BCUT2D eigenvalue weighted by Crippen LogP contribution is -2.47. The topological polar surface area (TPSA) is 6.48 Å². The van der Waals surface area contributed by atoms with E-state index in [1.54, 1.807) is 18.2 Å². The van der Waals surface area contributed by atoms with Crippen molar-refractivity contribution in [3.05, 3.63) is 106 Å². The summed E-state index contributed by atoms with van der Waals surface area (Å²) in [5, 5.41) is 0.700. The summed E-state index contributed by atoms with van der Waals surface area (Å²) >= 11 is 6.39. The molecule has 1 aliphatic rings. The van der Waals surface area contributed by atoms with Gasteiger partial charge in [-0.25, -0.2) is 8.78 Å². The van der Waals surface area contributed by atoms with Crippen molar-refractivity contribution in [2.75, 3.05) is 13.1 Å². The largest absolute Gasteiger partial charge is 0.280 e. The van der Waals surface area contributed by atoms with Crippen molar-refractivity contribution < 1.29 is 8.78 Å². The Morgan fingerprint density at radius 3 is 1.93 bits per heavy atom. The summed E-state index contributed by atoms with van der Waals surface area (Å²) in [7, 11) is 0. The third-order valence-corrected chi connectivity index (χ3v) is 5.80. The Labute approximate surface area is 175 Å². The van der Waals surface area contributed by atoms with Gasteiger partial charge in [0, 0.05) is 42.3 Å². The Bertz CT molecular complexity index is 923. The molecule has 3 aromatic carbocycles. The smallest absolute Gasteiger partial charge is 0.129 e. The van der Waals surface area contributed by atoms with Crippen LogP contribution in [-0.2, 0) is 13.1 Å². The quantitative estimate of drug-likeness (QED) is 0.505.